The van der Waals surface area contributed by atoms with Crippen LogP contribution in [0.1, 0.15) is 59.8 Å². The van der Waals surface area contributed by atoms with Gasteiger partial charge in [0.1, 0.15) is 18.8 Å². The number of carboxylic acids is 1. The van der Waals surface area contributed by atoms with Gasteiger partial charge in [0.2, 0.25) is 0 Å². The standard InChI is InChI=1S/C16H28O7/c1-5-13(20)23-15(16(2,3)4)11(17)10-22-14(21)9-7-6-8-12(18)19/h11,15,17H,5-10H2,1-4H3,(H,18,19). The van der Waals surface area contributed by atoms with E-state index in [2.05, 4.69) is 0 Å². The van der Waals surface area contributed by atoms with Crippen LogP contribution in [0.5, 0.6) is 0 Å². The first-order valence-corrected chi connectivity index (χ1v) is 7.82. The predicted molar refractivity (Wildman–Crippen MR) is 82.7 cm³/mol. The van der Waals surface area contributed by atoms with Gasteiger partial charge in [-0.05, 0) is 12.8 Å². The van der Waals surface area contributed by atoms with Crippen molar-refractivity contribution in [2.75, 3.05) is 6.61 Å². The second-order valence-corrected chi connectivity index (χ2v) is 6.48. The van der Waals surface area contributed by atoms with Gasteiger partial charge >= 0.3 is 17.9 Å². The molecular formula is C16H28O7. The fourth-order valence-electron chi connectivity index (χ4n) is 1.94. The molecule has 0 fully saturated rings. The Kier molecular flexibility index (Phi) is 9.48. The van der Waals surface area contributed by atoms with Gasteiger partial charge in [-0.2, -0.15) is 0 Å². The van der Waals surface area contributed by atoms with E-state index < -0.39 is 35.5 Å². The first-order chi connectivity index (χ1) is 10.6. The maximum Gasteiger partial charge on any atom is 0.305 e. The van der Waals surface area contributed by atoms with Gasteiger partial charge < -0.3 is 19.7 Å². The summed E-state index contributed by atoms with van der Waals surface area (Å²) in [6, 6.07) is 0. The van der Waals surface area contributed by atoms with Crippen LogP contribution in [0.4, 0.5) is 0 Å². The zero-order valence-corrected chi connectivity index (χ0v) is 14.3. The Balaban J connectivity index is 4.30. The molecule has 23 heavy (non-hydrogen) atoms. The van der Waals surface area contributed by atoms with Crippen LogP contribution >= 0.6 is 0 Å². The molecule has 0 spiro atoms. The highest BCUT2D eigenvalue weighted by atomic mass is 16.6. The van der Waals surface area contributed by atoms with Crippen molar-refractivity contribution in [2.45, 2.75) is 72.0 Å². The van der Waals surface area contributed by atoms with E-state index in [0.717, 1.165) is 0 Å². The van der Waals surface area contributed by atoms with E-state index in [-0.39, 0.29) is 25.9 Å². The van der Waals surface area contributed by atoms with Crippen molar-refractivity contribution in [3.63, 3.8) is 0 Å². The SMILES string of the molecule is CCC(=O)OC(C(O)COC(=O)CCCCC(=O)O)C(C)(C)C. The normalized spacial score (nSPS) is 14.0. The summed E-state index contributed by atoms with van der Waals surface area (Å²) >= 11 is 0. The van der Waals surface area contributed by atoms with Crippen molar-refractivity contribution in [3.8, 4) is 0 Å². The lowest BCUT2D eigenvalue weighted by molar-refractivity contribution is -0.170. The maximum atomic E-state index is 11.6. The number of aliphatic carboxylic acids is 1. The summed E-state index contributed by atoms with van der Waals surface area (Å²) < 4.78 is 10.2. The zero-order chi connectivity index (χ0) is 18.0. The lowest BCUT2D eigenvalue weighted by atomic mass is 9.85. The van der Waals surface area contributed by atoms with Crippen molar-refractivity contribution in [2.24, 2.45) is 5.41 Å². The van der Waals surface area contributed by atoms with E-state index in [9.17, 15) is 19.5 Å². The fourth-order valence-corrected chi connectivity index (χ4v) is 1.94. The van der Waals surface area contributed by atoms with E-state index in [4.69, 9.17) is 14.6 Å². The molecule has 7 heteroatoms. The zero-order valence-electron chi connectivity index (χ0n) is 14.3. The summed E-state index contributed by atoms with van der Waals surface area (Å²) in [5.41, 5.74) is -0.502. The molecule has 2 unspecified atom stereocenters. The van der Waals surface area contributed by atoms with Gasteiger partial charge in [-0.15, -0.1) is 0 Å². The largest absolute Gasteiger partial charge is 0.481 e. The molecule has 2 N–H and O–H groups in total. The number of hydrogen-bond acceptors (Lipinski definition) is 6. The van der Waals surface area contributed by atoms with E-state index in [1.165, 1.54) is 0 Å². The Bertz CT molecular complexity index is 398. The second kappa shape index (κ2) is 10.2. The maximum absolute atomic E-state index is 11.6. The average Bonchev–Trinajstić information content (AvgIpc) is 2.44. The molecule has 0 aliphatic heterocycles. The highest BCUT2D eigenvalue weighted by molar-refractivity contribution is 5.70. The minimum absolute atomic E-state index is 0.00890. The van der Waals surface area contributed by atoms with E-state index in [1.807, 2.05) is 20.8 Å². The highest BCUT2D eigenvalue weighted by Gasteiger charge is 2.35. The summed E-state index contributed by atoms with van der Waals surface area (Å²) in [4.78, 5) is 33.4. The Morgan fingerprint density at radius 2 is 1.61 bits per heavy atom. The minimum atomic E-state index is -1.12. The van der Waals surface area contributed by atoms with Crippen LogP contribution in [-0.2, 0) is 23.9 Å². The van der Waals surface area contributed by atoms with Crippen molar-refractivity contribution < 1.29 is 34.1 Å². The molecular weight excluding hydrogens is 304 g/mol. The van der Waals surface area contributed by atoms with Gasteiger partial charge in [0, 0.05) is 24.7 Å². The Labute approximate surface area is 137 Å². The first-order valence-electron chi connectivity index (χ1n) is 7.82. The molecule has 0 saturated heterocycles. The van der Waals surface area contributed by atoms with Crippen LogP contribution in [0.25, 0.3) is 0 Å². The smallest absolute Gasteiger partial charge is 0.305 e. The van der Waals surface area contributed by atoms with Crippen LogP contribution in [0.15, 0.2) is 0 Å². The number of ether oxygens (including phenoxy) is 2. The third-order valence-electron chi connectivity index (χ3n) is 3.19. The number of unbranched alkanes of at least 4 members (excludes halogenated alkanes) is 1. The molecule has 0 saturated carbocycles. The van der Waals surface area contributed by atoms with Gasteiger partial charge in [0.25, 0.3) is 0 Å². The number of rotatable bonds is 10. The summed E-state index contributed by atoms with van der Waals surface area (Å²) in [7, 11) is 0. The van der Waals surface area contributed by atoms with Gasteiger partial charge in [0.15, 0.2) is 0 Å². The topological polar surface area (TPSA) is 110 Å². The molecule has 134 valence electrons. The molecule has 0 aromatic rings. The molecule has 0 aromatic carbocycles. The molecule has 0 amide bonds. The van der Waals surface area contributed by atoms with Crippen LogP contribution in [0, 0.1) is 5.41 Å². The van der Waals surface area contributed by atoms with Crippen LogP contribution < -0.4 is 0 Å². The van der Waals surface area contributed by atoms with Gasteiger partial charge in [-0.3, -0.25) is 14.4 Å². The monoisotopic (exact) mass is 332 g/mol. The second-order valence-electron chi connectivity index (χ2n) is 6.48. The van der Waals surface area contributed by atoms with Crippen molar-refractivity contribution in [3.05, 3.63) is 0 Å². The van der Waals surface area contributed by atoms with E-state index in [0.29, 0.717) is 12.8 Å². The number of hydrogen-bond donors (Lipinski definition) is 2. The van der Waals surface area contributed by atoms with Crippen molar-refractivity contribution in [1.29, 1.82) is 0 Å². The summed E-state index contributed by atoms with van der Waals surface area (Å²) in [6.45, 7) is 6.84. The quantitative estimate of drug-likeness (QED) is 0.464. The number of carbonyl (C=O) groups excluding carboxylic acids is 2. The summed E-state index contributed by atoms with van der Waals surface area (Å²) in [6.07, 6.45) is -0.796. The molecule has 0 bridgehead atoms. The number of esters is 2. The van der Waals surface area contributed by atoms with Crippen LogP contribution in [-0.4, -0.2) is 46.9 Å². The number of carboxylic acid groups (broad SMARTS) is 1. The third kappa shape index (κ3) is 9.89. The molecule has 7 nitrogen and oxygen atoms in total. The number of carbonyl (C=O) groups is 3. The first kappa shape index (κ1) is 21.4. The van der Waals surface area contributed by atoms with Gasteiger partial charge in [0.05, 0.1) is 0 Å². The molecule has 0 aliphatic carbocycles. The number of aliphatic hydroxyl groups excluding tert-OH is 1. The minimum Gasteiger partial charge on any atom is -0.481 e. The molecule has 0 radical (unpaired) electrons. The van der Waals surface area contributed by atoms with Crippen molar-refractivity contribution >= 4 is 17.9 Å². The molecule has 0 heterocycles. The van der Waals surface area contributed by atoms with Crippen LogP contribution in [0.3, 0.4) is 0 Å². The fraction of sp³-hybridized carbons (Fsp3) is 0.812. The van der Waals surface area contributed by atoms with E-state index >= 15 is 0 Å². The third-order valence-corrected chi connectivity index (χ3v) is 3.19. The predicted octanol–water partition coefficient (Wildman–Crippen LogP) is 1.90. The summed E-state index contributed by atoms with van der Waals surface area (Å²) in [5.74, 6) is -1.84. The van der Waals surface area contributed by atoms with Gasteiger partial charge in [-0.25, -0.2) is 0 Å². The molecule has 0 aliphatic rings. The lowest BCUT2D eigenvalue weighted by Crippen LogP contribution is -2.44. The highest BCUT2D eigenvalue weighted by Crippen LogP contribution is 2.26. The Hall–Kier alpha value is -1.63. The van der Waals surface area contributed by atoms with Gasteiger partial charge in [-0.1, -0.05) is 27.7 Å². The Morgan fingerprint density at radius 3 is 2.09 bits per heavy atom. The Morgan fingerprint density at radius 1 is 1.04 bits per heavy atom. The van der Waals surface area contributed by atoms with Crippen LogP contribution in [0.2, 0.25) is 0 Å². The van der Waals surface area contributed by atoms with Crippen molar-refractivity contribution in [1.82, 2.24) is 0 Å². The lowest BCUT2D eigenvalue weighted by Gasteiger charge is -2.33. The average molecular weight is 332 g/mol. The molecule has 0 rings (SSSR count). The molecule has 2 atom stereocenters. The molecule has 0 aromatic heterocycles. The summed E-state index contributed by atoms with van der Waals surface area (Å²) in [5, 5.41) is 18.6. The number of aliphatic hydroxyl groups is 1. The van der Waals surface area contributed by atoms with E-state index in [1.54, 1.807) is 6.92 Å².